The molecule has 2 aliphatic rings. The van der Waals surface area contributed by atoms with Crippen LogP contribution in [0.1, 0.15) is 28.3 Å². The minimum Gasteiger partial charge on any atom is -0.493 e. The van der Waals surface area contributed by atoms with Crippen molar-refractivity contribution in [3.63, 3.8) is 0 Å². The SMILES string of the molecule is COc1cc2c(cc1OC)C(c1ccccc1)N1CCNCC1(C(=O)COCc1ccccc1)C2. The van der Waals surface area contributed by atoms with Crippen molar-refractivity contribution in [2.75, 3.05) is 40.5 Å². The van der Waals surface area contributed by atoms with E-state index in [-0.39, 0.29) is 18.4 Å². The van der Waals surface area contributed by atoms with E-state index >= 15 is 0 Å². The lowest BCUT2D eigenvalue weighted by Gasteiger charge is -2.53. The van der Waals surface area contributed by atoms with Gasteiger partial charge in [0.1, 0.15) is 6.61 Å². The molecule has 2 unspecified atom stereocenters. The van der Waals surface area contributed by atoms with E-state index in [1.807, 2.05) is 42.5 Å². The van der Waals surface area contributed by atoms with E-state index in [1.54, 1.807) is 14.2 Å². The average Bonchev–Trinajstić information content (AvgIpc) is 2.91. The van der Waals surface area contributed by atoms with Crippen molar-refractivity contribution in [2.45, 2.75) is 24.6 Å². The second-order valence-electron chi connectivity index (χ2n) is 9.20. The second-order valence-corrected chi connectivity index (χ2v) is 9.20. The highest BCUT2D eigenvalue weighted by molar-refractivity contribution is 5.91. The fourth-order valence-electron chi connectivity index (χ4n) is 5.50. The first-order valence-corrected chi connectivity index (χ1v) is 12.1. The minimum atomic E-state index is -0.706. The van der Waals surface area contributed by atoms with E-state index in [0.717, 1.165) is 35.3 Å². The molecule has 6 nitrogen and oxygen atoms in total. The molecule has 2 aliphatic heterocycles. The molecule has 1 saturated heterocycles. The molecule has 0 amide bonds. The largest absolute Gasteiger partial charge is 0.493 e. The molecule has 1 N–H and O–H groups in total. The van der Waals surface area contributed by atoms with Gasteiger partial charge in [0.15, 0.2) is 17.3 Å². The summed E-state index contributed by atoms with van der Waals surface area (Å²) in [6.07, 6.45) is 0.590. The topological polar surface area (TPSA) is 60.0 Å². The highest BCUT2D eigenvalue weighted by Gasteiger charge is 2.52. The molecule has 5 rings (SSSR count). The highest BCUT2D eigenvalue weighted by atomic mass is 16.5. The Hall–Kier alpha value is -3.19. The maximum Gasteiger partial charge on any atom is 0.180 e. The number of hydrogen-bond donors (Lipinski definition) is 1. The van der Waals surface area contributed by atoms with Crippen LogP contribution in [-0.2, 0) is 22.6 Å². The van der Waals surface area contributed by atoms with Crippen LogP contribution < -0.4 is 14.8 Å². The van der Waals surface area contributed by atoms with E-state index in [2.05, 4.69) is 40.5 Å². The Morgan fingerprint density at radius 3 is 2.40 bits per heavy atom. The lowest BCUT2D eigenvalue weighted by Crippen LogP contribution is -2.69. The van der Waals surface area contributed by atoms with Crippen molar-refractivity contribution in [3.05, 3.63) is 95.1 Å². The number of Topliss-reactive ketones (excluding diaryl/α,β-unsaturated/α-hetero) is 1. The van der Waals surface area contributed by atoms with Crippen LogP contribution in [0.2, 0.25) is 0 Å². The van der Waals surface area contributed by atoms with Gasteiger partial charge in [-0.15, -0.1) is 0 Å². The smallest absolute Gasteiger partial charge is 0.180 e. The van der Waals surface area contributed by atoms with Crippen LogP contribution in [0, 0.1) is 0 Å². The maximum atomic E-state index is 13.9. The first-order valence-electron chi connectivity index (χ1n) is 12.1. The van der Waals surface area contributed by atoms with Crippen LogP contribution in [0.25, 0.3) is 0 Å². The number of rotatable bonds is 8. The molecule has 0 bridgehead atoms. The first kappa shape index (κ1) is 23.5. The van der Waals surface area contributed by atoms with Crippen LogP contribution in [0.3, 0.4) is 0 Å². The van der Waals surface area contributed by atoms with E-state index in [0.29, 0.717) is 31.1 Å². The fourth-order valence-corrected chi connectivity index (χ4v) is 5.50. The Morgan fingerprint density at radius 1 is 1.00 bits per heavy atom. The molecule has 2 atom stereocenters. The summed E-state index contributed by atoms with van der Waals surface area (Å²) in [5, 5.41) is 3.49. The zero-order valence-electron chi connectivity index (χ0n) is 20.3. The summed E-state index contributed by atoms with van der Waals surface area (Å²) in [5.41, 5.74) is 3.77. The highest BCUT2D eigenvalue weighted by Crippen LogP contribution is 2.46. The molecule has 35 heavy (non-hydrogen) atoms. The van der Waals surface area contributed by atoms with Crippen LogP contribution >= 0.6 is 0 Å². The third-order valence-corrected chi connectivity index (χ3v) is 7.21. The van der Waals surface area contributed by atoms with Gasteiger partial charge in [-0.05, 0) is 40.8 Å². The number of hydrogen-bond acceptors (Lipinski definition) is 6. The zero-order chi connectivity index (χ0) is 24.3. The summed E-state index contributed by atoms with van der Waals surface area (Å²) in [4.78, 5) is 16.3. The Balaban J connectivity index is 1.53. The molecular formula is C29H32N2O4. The van der Waals surface area contributed by atoms with E-state index in [1.165, 1.54) is 0 Å². The number of carbonyl (C=O) groups is 1. The zero-order valence-corrected chi connectivity index (χ0v) is 20.3. The van der Waals surface area contributed by atoms with Crippen LogP contribution in [0.5, 0.6) is 11.5 Å². The van der Waals surface area contributed by atoms with Gasteiger partial charge in [0.2, 0.25) is 0 Å². The molecule has 0 aliphatic carbocycles. The molecule has 6 heteroatoms. The molecule has 3 aromatic rings. The molecule has 182 valence electrons. The van der Waals surface area contributed by atoms with Gasteiger partial charge in [0.05, 0.1) is 32.4 Å². The van der Waals surface area contributed by atoms with Crippen LogP contribution in [0.4, 0.5) is 0 Å². The summed E-state index contributed by atoms with van der Waals surface area (Å²) < 4.78 is 17.2. The summed E-state index contributed by atoms with van der Waals surface area (Å²) >= 11 is 0. The maximum absolute atomic E-state index is 13.9. The van der Waals surface area contributed by atoms with E-state index < -0.39 is 5.54 Å². The van der Waals surface area contributed by atoms with Crippen molar-refractivity contribution in [1.29, 1.82) is 0 Å². The van der Waals surface area contributed by atoms with Gasteiger partial charge in [-0.1, -0.05) is 60.7 Å². The molecule has 0 aromatic heterocycles. The van der Waals surface area contributed by atoms with Gasteiger partial charge in [0.25, 0.3) is 0 Å². The second kappa shape index (κ2) is 10.2. The van der Waals surface area contributed by atoms with Gasteiger partial charge < -0.3 is 19.5 Å². The third kappa shape index (κ3) is 4.45. The number of ether oxygens (including phenoxy) is 3. The molecule has 3 aromatic carbocycles. The van der Waals surface area contributed by atoms with Crippen LogP contribution in [-0.4, -0.2) is 56.7 Å². The Kier molecular flexibility index (Phi) is 6.86. The Morgan fingerprint density at radius 2 is 1.69 bits per heavy atom. The van der Waals surface area contributed by atoms with Crippen molar-refractivity contribution in [2.24, 2.45) is 0 Å². The number of fused-ring (bicyclic) bond motifs is 2. The molecule has 0 saturated carbocycles. The van der Waals surface area contributed by atoms with Crippen molar-refractivity contribution in [3.8, 4) is 11.5 Å². The summed E-state index contributed by atoms with van der Waals surface area (Å²) in [5.74, 6) is 1.48. The number of benzene rings is 3. The molecule has 1 fully saturated rings. The number of methoxy groups -OCH3 is 2. The third-order valence-electron chi connectivity index (χ3n) is 7.21. The van der Waals surface area contributed by atoms with Crippen molar-refractivity contribution in [1.82, 2.24) is 10.2 Å². The summed E-state index contributed by atoms with van der Waals surface area (Å²) in [6.45, 7) is 2.65. The number of piperazine rings is 1. The van der Waals surface area contributed by atoms with Crippen molar-refractivity contribution >= 4 is 5.78 Å². The Bertz CT molecular complexity index is 1170. The summed E-state index contributed by atoms with van der Waals surface area (Å²) in [7, 11) is 3.31. The standard InChI is InChI=1S/C29H32N2O4/c1-33-25-15-23-17-29(27(32)19-35-18-21-9-5-3-6-10-21)20-30-13-14-31(29)28(22-11-7-4-8-12-22)24(23)16-26(25)34-2/h3-12,15-16,28,30H,13-14,17-20H2,1-2H3. The lowest BCUT2D eigenvalue weighted by atomic mass is 9.74. The molecule has 0 radical (unpaired) electrons. The quantitative estimate of drug-likeness (QED) is 0.539. The number of nitrogens with one attached hydrogen (secondary N) is 1. The minimum absolute atomic E-state index is 0.0667. The first-order chi connectivity index (χ1) is 17.2. The molecular weight excluding hydrogens is 440 g/mol. The number of nitrogens with zero attached hydrogens (tertiary/aromatic N) is 1. The fraction of sp³-hybridized carbons (Fsp3) is 0.345. The van der Waals surface area contributed by atoms with Gasteiger partial charge in [0, 0.05) is 19.6 Å². The van der Waals surface area contributed by atoms with Gasteiger partial charge in [-0.25, -0.2) is 0 Å². The van der Waals surface area contributed by atoms with E-state index in [9.17, 15) is 4.79 Å². The van der Waals surface area contributed by atoms with Gasteiger partial charge in [-0.3, -0.25) is 9.69 Å². The van der Waals surface area contributed by atoms with Crippen LogP contribution in [0.15, 0.2) is 72.8 Å². The summed E-state index contributed by atoms with van der Waals surface area (Å²) in [6, 6.07) is 24.4. The lowest BCUT2D eigenvalue weighted by molar-refractivity contribution is -0.140. The van der Waals surface area contributed by atoms with Gasteiger partial charge >= 0.3 is 0 Å². The molecule has 0 spiro atoms. The number of ketones is 1. The normalized spacial score (nSPS) is 21.6. The predicted octanol–water partition coefficient (Wildman–Crippen LogP) is 3.78. The monoisotopic (exact) mass is 472 g/mol. The Labute approximate surface area is 206 Å². The van der Waals surface area contributed by atoms with Crippen molar-refractivity contribution < 1.29 is 19.0 Å². The predicted molar refractivity (Wildman–Crippen MR) is 135 cm³/mol. The number of carbonyl (C=O) groups excluding carboxylic acids is 1. The van der Waals surface area contributed by atoms with E-state index in [4.69, 9.17) is 14.2 Å². The molecule has 2 heterocycles. The van der Waals surface area contributed by atoms with Gasteiger partial charge in [-0.2, -0.15) is 0 Å². The average molecular weight is 473 g/mol.